The largest absolute Gasteiger partial charge is 0.381 e. The van der Waals surface area contributed by atoms with E-state index in [0.717, 1.165) is 23.7 Å². The Morgan fingerprint density at radius 2 is 2.17 bits per heavy atom. The second-order valence-corrected chi connectivity index (χ2v) is 4.57. The third kappa shape index (κ3) is 0.731. The van der Waals surface area contributed by atoms with Crippen molar-refractivity contribution >= 4 is 0 Å². The fourth-order valence-corrected chi connectivity index (χ4v) is 3.76. The summed E-state index contributed by atoms with van der Waals surface area (Å²) in [5.74, 6) is 3.73. The second kappa shape index (κ2) is 2.35. The molecule has 3 rings (SSSR count). The first-order valence-corrected chi connectivity index (χ1v) is 5.09. The molecule has 2 saturated carbocycles. The van der Waals surface area contributed by atoms with E-state index in [9.17, 15) is 0 Å². The quantitative estimate of drug-likeness (QED) is 0.540. The predicted molar refractivity (Wildman–Crippen MR) is 47.7 cm³/mol. The summed E-state index contributed by atoms with van der Waals surface area (Å²) in [6, 6.07) is 0. The maximum absolute atomic E-state index is 5.52. The standard InChI is InChI=1S/C11H16O/c1-12-11-6-7-5-10(11)9-4-2-3-8(7)9/h2,4,7-11H,3,5-6H2,1H3/t7-,8?,9?,10-,11?/m0/s1. The number of hydrogen-bond acceptors (Lipinski definition) is 1. The van der Waals surface area contributed by atoms with E-state index in [4.69, 9.17) is 4.74 Å². The molecule has 1 heteroatoms. The SMILES string of the molecule is COC1C[C@@H]2C[C@H]1C1C=CCC12. The van der Waals surface area contributed by atoms with Crippen LogP contribution in [0.1, 0.15) is 19.3 Å². The lowest BCUT2D eigenvalue weighted by Crippen LogP contribution is -2.29. The highest BCUT2D eigenvalue weighted by Gasteiger charge is 2.52. The lowest BCUT2D eigenvalue weighted by molar-refractivity contribution is 0.0300. The van der Waals surface area contributed by atoms with Crippen LogP contribution < -0.4 is 0 Å². The smallest absolute Gasteiger partial charge is 0.0608 e. The molecule has 1 nitrogen and oxygen atoms in total. The number of rotatable bonds is 1. The van der Waals surface area contributed by atoms with Gasteiger partial charge in [0.2, 0.25) is 0 Å². The summed E-state index contributed by atoms with van der Waals surface area (Å²) < 4.78 is 5.52. The summed E-state index contributed by atoms with van der Waals surface area (Å²) in [5, 5.41) is 0. The highest BCUT2D eigenvalue weighted by Crippen LogP contribution is 2.56. The Morgan fingerprint density at radius 3 is 3.00 bits per heavy atom. The van der Waals surface area contributed by atoms with Gasteiger partial charge in [0.15, 0.2) is 0 Å². The first kappa shape index (κ1) is 7.14. The molecule has 0 N–H and O–H groups in total. The van der Waals surface area contributed by atoms with Gasteiger partial charge in [0.05, 0.1) is 6.10 Å². The number of hydrogen-bond donors (Lipinski definition) is 0. The molecule has 0 spiro atoms. The minimum Gasteiger partial charge on any atom is -0.381 e. The normalized spacial score (nSPS) is 54.9. The van der Waals surface area contributed by atoms with Gasteiger partial charge in [-0.05, 0) is 42.9 Å². The minimum atomic E-state index is 0.582. The number of fused-ring (bicyclic) bond motifs is 5. The van der Waals surface area contributed by atoms with Crippen LogP contribution in [0.5, 0.6) is 0 Å². The van der Waals surface area contributed by atoms with Crippen molar-refractivity contribution in [2.45, 2.75) is 25.4 Å². The van der Waals surface area contributed by atoms with Gasteiger partial charge in [-0.1, -0.05) is 12.2 Å². The van der Waals surface area contributed by atoms with Crippen LogP contribution in [0.4, 0.5) is 0 Å². The van der Waals surface area contributed by atoms with Crippen LogP contribution in [0.25, 0.3) is 0 Å². The molecule has 0 aromatic heterocycles. The van der Waals surface area contributed by atoms with E-state index in [1.54, 1.807) is 0 Å². The van der Waals surface area contributed by atoms with E-state index in [1.807, 2.05) is 7.11 Å². The van der Waals surface area contributed by atoms with Gasteiger partial charge in [-0.15, -0.1) is 0 Å². The Bertz CT molecular complexity index is 221. The van der Waals surface area contributed by atoms with E-state index < -0.39 is 0 Å². The van der Waals surface area contributed by atoms with Gasteiger partial charge in [0, 0.05) is 7.11 Å². The molecule has 0 saturated heterocycles. The number of allylic oxidation sites excluding steroid dienone is 2. The van der Waals surface area contributed by atoms with Gasteiger partial charge < -0.3 is 4.74 Å². The first-order valence-electron chi connectivity index (χ1n) is 5.09. The topological polar surface area (TPSA) is 9.23 Å². The Morgan fingerprint density at radius 1 is 1.25 bits per heavy atom. The zero-order valence-corrected chi connectivity index (χ0v) is 7.57. The van der Waals surface area contributed by atoms with E-state index in [0.29, 0.717) is 6.10 Å². The molecule has 2 bridgehead atoms. The molecule has 0 aromatic carbocycles. The Kier molecular flexibility index (Phi) is 1.40. The molecule has 12 heavy (non-hydrogen) atoms. The first-order chi connectivity index (χ1) is 5.90. The molecular weight excluding hydrogens is 148 g/mol. The summed E-state index contributed by atoms with van der Waals surface area (Å²) in [6.07, 6.45) is 9.54. The van der Waals surface area contributed by atoms with Crippen LogP contribution in [0.3, 0.4) is 0 Å². The van der Waals surface area contributed by atoms with Crippen molar-refractivity contribution in [1.82, 2.24) is 0 Å². The Labute approximate surface area is 73.8 Å². The molecule has 0 heterocycles. The van der Waals surface area contributed by atoms with Gasteiger partial charge in [-0.2, -0.15) is 0 Å². The van der Waals surface area contributed by atoms with Gasteiger partial charge in [0.1, 0.15) is 0 Å². The second-order valence-electron chi connectivity index (χ2n) is 4.57. The molecule has 5 atom stereocenters. The van der Waals surface area contributed by atoms with E-state index in [2.05, 4.69) is 12.2 Å². The maximum Gasteiger partial charge on any atom is 0.0608 e. The summed E-state index contributed by atoms with van der Waals surface area (Å²) >= 11 is 0. The molecule has 3 aliphatic rings. The van der Waals surface area contributed by atoms with Gasteiger partial charge >= 0.3 is 0 Å². The highest BCUT2D eigenvalue weighted by molar-refractivity contribution is 5.14. The van der Waals surface area contributed by atoms with Crippen molar-refractivity contribution in [2.75, 3.05) is 7.11 Å². The zero-order chi connectivity index (χ0) is 8.13. The van der Waals surface area contributed by atoms with Crippen LogP contribution in [-0.4, -0.2) is 13.2 Å². The van der Waals surface area contributed by atoms with E-state index in [-0.39, 0.29) is 0 Å². The molecule has 66 valence electrons. The summed E-state index contributed by atoms with van der Waals surface area (Å²) in [6.45, 7) is 0. The average Bonchev–Trinajstić information content (AvgIpc) is 2.75. The average molecular weight is 164 g/mol. The lowest BCUT2D eigenvalue weighted by Gasteiger charge is -2.30. The van der Waals surface area contributed by atoms with Crippen LogP contribution in [0.2, 0.25) is 0 Å². The van der Waals surface area contributed by atoms with Crippen molar-refractivity contribution in [2.24, 2.45) is 23.7 Å². The van der Waals surface area contributed by atoms with Gasteiger partial charge in [0.25, 0.3) is 0 Å². The van der Waals surface area contributed by atoms with Crippen molar-refractivity contribution in [3.05, 3.63) is 12.2 Å². The fourth-order valence-electron chi connectivity index (χ4n) is 3.76. The van der Waals surface area contributed by atoms with Crippen LogP contribution in [-0.2, 0) is 4.74 Å². The Hall–Kier alpha value is -0.300. The van der Waals surface area contributed by atoms with Crippen molar-refractivity contribution in [3.63, 3.8) is 0 Å². The van der Waals surface area contributed by atoms with Crippen LogP contribution in [0, 0.1) is 23.7 Å². The summed E-state index contributed by atoms with van der Waals surface area (Å²) in [4.78, 5) is 0. The van der Waals surface area contributed by atoms with Crippen molar-refractivity contribution < 1.29 is 4.74 Å². The van der Waals surface area contributed by atoms with Gasteiger partial charge in [-0.25, -0.2) is 0 Å². The minimum absolute atomic E-state index is 0.582. The molecule has 0 radical (unpaired) electrons. The van der Waals surface area contributed by atoms with E-state index >= 15 is 0 Å². The maximum atomic E-state index is 5.52. The van der Waals surface area contributed by atoms with Crippen molar-refractivity contribution in [1.29, 1.82) is 0 Å². The number of ether oxygens (including phenoxy) is 1. The van der Waals surface area contributed by atoms with Gasteiger partial charge in [-0.3, -0.25) is 0 Å². The molecule has 0 amide bonds. The predicted octanol–water partition coefficient (Wildman–Crippen LogP) is 2.23. The fraction of sp³-hybridized carbons (Fsp3) is 0.818. The third-order valence-corrected chi connectivity index (χ3v) is 4.25. The van der Waals surface area contributed by atoms with E-state index in [1.165, 1.54) is 19.3 Å². The molecule has 3 unspecified atom stereocenters. The highest BCUT2D eigenvalue weighted by atomic mass is 16.5. The molecule has 2 fully saturated rings. The zero-order valence-electron chi connectivity index (χ0n) is 7.57. The summed E-state index contributed by atoms with van der Waals surface area (Å²) in [5.41, 5.74) is 0. The molecule has 0 aliphatic heterocycles. The summed E-state index contributed by atoms with van der Waals surface area (Å²) in [7, 11) is 1.87. The van der Waals surface area contributed by atoms with Crippen molar-refractivity contribution in [3.8, 4) is 0 Å². The monoisotopic (exact) mass is 164 g/mol. The molecular formula is C11H16O. The third-order valence-electron chi connectivity index (χ3n) is 4.25. The lowest BCUT2D eigenvalue weighted by atomic mass is 9.80. The molecule has 0 aromatic rings. The molecule has 3 aliphatic carbocycles. The van der Waals surface area contributed by atoms with Crippen LogP contribution >= 0.6 is 0 Å². The Balaban J connectivity index is 1.87. The van der Waals surface area contributed by atoms with Crippen LogP contribution in [0.15, 0.2) is 12.2 Å². The number of methoxy groups -OCH3 is 1.